The van der Waals surface area contributed by atoms with Gasteiger partial charge in [-0.2, -0.15) is 0 Å². The Hall–Kier alpha value is -2.43. The minimum absolute atomic E-state index is 0.0353. The van der Waals surface area contributed by atoms with Crippen molar-refractivity contribution in [2.45, 2.75) is 6.43 Å². The van der Waals surface area contributed by atoms with E-state index in [0.29, 0.717) is 11.1 Å². The second kappa shape index (κ2) is 5.40. The molecule has 0 atom stereocenters. The first kappa shape index (κ1) is 14.5. The molecule has 0 aliphatic carbocycles. The summed E-state index contributed by atoms with van der Waals surface area (Å²) in [5.41, 5.74) is 1.11. The molecule has 22 heavy (non-hydrogen) atoms. The van der Waals surface area contributed by atoms with Crippen LogP contribution in [0.3, 0.4) is 0 Å². The van der Waals surface area contributed by atoms with Gasteiger partial charge in [-0.05, 0) is 28.6 Å². The third-order valence-corrected chi connectivity index (χ3v) is 3.47. The topological polar surface area (TPSA) is 0 Å². The molecular weight excluding hydrogens is 299 g/mol. The molecule has 0 amide bonds. The van der Waals surface area contributed by atoms with Crippen molar-refractivity contribution in [2.24, 2.45) is 0 Å². The lowest BCUT2D eigenvalue weighted by molar-refractivity contribution is 0.151. The van der Waals surface area contributed by atoms with Crippen LogP contribution in [0.5, 0.6) is 0 Å². The van der Waals surface area contributed by atoms with Crippen LogP contribution in [0.15, 0.2) is 48.5 Å². The molecule has 0 radical (unpaired) electrons. The van der Waals surface area contributed by atoms with E-state index in [1.807, 2.05) is 0 Å². The molecular formula is C17H9F5. The number of hydrogen-bond acceptors (Lipinski definition) is 0. The smallest absolute Gasteiger partial charge is 0.205 e. The van der Waals surface area contributed by atoms with Gasteiger partial charge >= 0.3 is 0 Å². The first-order chi connectivity index (χ1) is 10.5. The van der Waals surface area contributed by atoms with E-state index in [1.54, 1.807) is 0 Å². The highest BCUT2D eigenvalue weighted by Crippen LogP contribution is 2.29. The average Bonchev–Trinajstić information content (AvgIpc) is 2.52. The van der Waals surface area contributed by atoms with Crippen molar-refractivity contribution < 1.29 is 22.0 Å². The van der Waals surface area contributed by atoms with Crippen LogP contribution in [-0.2, 0) is 0 Å². The molecule has 0 heterocycles. The van der Waals surface area contributed by atoms with Gasteiger partial charge in [-0.15, -0.1) is 0 Å². The van der Waals surface area contributed by atoms with Gasteiger partial charge < -0.3 is 0 Å². The molecule has 3 aromatic rings. The second-order valence-corrected chi connectivity index (χ2v) is 4.84. The fourth-order valence-electron chi connectivity index (χ4n) is 2.31. The Morgan fingerprint density at radius 2 is 1.32 bits per heavy atom. The molecule has 0 unspecified atom stereocenters. The van der Waals surface area contributed by atoms with E-state index in [1.165, 1.54) is 42.5 Å². The molecule has 112 valence electrons. The number of benzene rings is 3. The minimum atomic E-state index is -2.56. The molecule has 0 nitrogen and oxygen atoms in total. The van der Waals surface area contributed by atoms with Crippen molar-refractivity contribution in [1.29, 1.82) is 0 Å². The van der Waals surface area contributed by atoms with Crippen molar-refractivity contribution >= 4 is 10.8 Å². The minimum Gasteiger partial charge on any atom is -0.205 e. The Kier molecular flexibility index (Phi) is 3.56. The van der Waals surface area contributed by atoms with Gasteiger partial charge in [-0.3, -0.25) is 0 Å². The van der Waals surface area contributed by atoms with Crippen molar-refractivity contribution in [3.8, 4) is 11.1 Å². The van der Waals surface area contributed by atoms with Crippen molar-refractivity contribution in [2.75, 3.05) is 0 Å². The van der Waals surface area contributed by atoms with Gasteiger partial charge in [0.1, 0.15) is 0 Å². The number of alkyl halides is 2. The third-order valence-electron chi connectivity index (χ3n) is 3.47. The number of halogens is 5. The Bertz CT molecular complexity index is 838. The third kappa shape index (κ3) is 2.43. The summed E-state index contributed by atoms with van der Waals surface area (Å²) in [6.45, 7) is 0. The van der Waals surface area contributed by atoms with Crippen LogP contribution in [0.2, 0.25) is 0 Å². The summed E-state index contributed by atoms with van der Waals surface area (Å²) >= 11 is 0. The predicted molar refractivity (Wildman–Crippen MR) is 74.2 cm³/mol. The van der Waals surface area contributed by atoms with Crippen LogP contribution in [0, 0.1) is 17.5 Å². The fourth-order valence-corrected chi connectivity index (χ4v) is 2.31. The van der Waals surface area contributed by atoms with E-state index in [2.05, 4.69) is 0 Å². The zero-order valence-corrected chi connectivity index (χ0v) is 11.1. The largest absolute Gasteiger partial charge is 0.263 e. The second-order valence-electron chi connectivity index (χ2n) is 4.84. The molecule has 0 N–H and O–H groups in total. The van der Waals surface area contributed by atoms with Gasteiger partial charge in [0.05, 0.1) is 0 Å². The SMILES string of the molecule is Fc1cc2cc(-c3ccc(C(F)F)cc3)ccc2c(F)c1F. The van der Waals surface area contributed by atoms with Crippen LogP contribution in [0.4, 0.5) is 22.0 Å². The molecule has 0 bridgehead atoms. The van der Waals surface area contributed by atoms with Crippen molar-refractivity contribution in [3.63, 3.8) is 0 Å². The molecule has 0 spiro atoms. The molecule has 0 saturated carbocycles. The van der Waals surface area contributed by atoms with Crippen molar-refractivity contribution in [3.05, 3.63) is 71.5 Å². The Morgan fingerprint density at radius 1 is 0.682 bits per heavy atom. The summed E-state index contributed by atoms with van der Waals surface area (Å²) in [6, 6.07) is 10.8. The normalized spacial score (nSPS) is 11.4. The van der Waals surface area contributed by atoms with Crippen LogP contribution < -0.4 is 0 Å². The first-order valence-electron chi connectivity index (χ1n) is 6.43. The number of rotatable bonds is 2. The highest BCUT2D eigenvalue weighted by atomic mass is 19.3. The van der Waals surface area contributed by atoms with E-state index in [0.717, 1.165) is 6.07 Å². The van der Waals surface area contributed by atoms with E-state index in [9.17, 15) is 22.0 Å². The molecule has 0 aliphatic heterocycles. The predicted octanol–water partition coefficient (Wildman–Crippen LogP) is 5.86. The maximum Gasteiger partial charge on any atom is 0.263 e. The number of hydrogen-bond donors (Lipinski definition) is 0. The van der Waals surface area contributed by atoms with Gasteiger partial charge in [0.15, 0.2) is 17.5 Å². The summed E-state index contributed by atoms with van der Waals surface area (Å²) in [5.74, 6) is -4.02. The maximum atomic E-state index is 13.6. The van der Waals surface area contributed by atoms with E-state index < -0.39 is 23.9 Å². The lowest BCUT2D eigenvalue weighted by Crippen LogP contribution is -1.92. The summed E-state index contributed by atoms with van der Waals surface area (Å²) in [7, 11) is 0. The summed E-state index contributed by atoms with van der Waals surface area (Å²) in [5, 5.41) is 0.165. The molecule has 0 aromatic heterocycles. The molecule has 5 heteroatoms. The number of fused-ring (bicyclic) bond motifs is 1. The Labute approximate surface area is 122 Å². The van der Waals surface area contributed by atoms with E-state index >= 15 is 0 Å². The zero-order chi connectivity index (χ0) is 15.9. The van der Waals surface area contributed by atoms with Crippen molar-refractivity contribution in [1.82, 2.24) is 0 Å². The van der Waals surface area contributed by atoms with Gasteiger partial charge in [-0.1, -0.05) is 36.4 Å². The molecule has 0 saturated heterocycles. The van der Waals surface area contributed by atoms with Crippen LogP contribution >= 0.6 is 0 Å². The summed E-state index contributed by atoms with van der Waals surface area (Å²) < 4.78 is 65.1. The zero-order valence-electron chi connectivity index (χ0n) is 11.1. The fraction of sp³-hybridized carbons (Fsp3) is 0.0588. The van der Waals surface area contributed by atoms with E-state index in [4.69, 9.17) is 0 Å². The van der Waals surface area contributed by atoms with Gasteiger partial charge in [0, 0.05) is 10.9 Å². The molecule has 3 rings (SSSR count). The average molecular weight is 308 g/mol. The lowest BCUT2D eigenvalue weighted by atomic mass is 10.00. The maximum absolute atomic E-state index is 13.6. The highest BCUT2D eigenvalue weighted by Gasteiger charge is 2.14. The summed E-state index contributed by atoms with van der Waals surface area (Å²) in [4.78, 5) is 0. The van der Waals surface area contributed by atoms with Gasteiger partial charge in [-0.25, -0.2) is 22.0 Å². The van der Waals surface area contributed by atoms with Crippen LogP contribution in [0.1, 0.15) is 12.0 Å². The Balaban J connectivity index is 2.10. The van der Waals surface area contributed by atoms with Crippen LogP contribution in [0.25, 0.3) is 21.9 Å². The first-order valence-corrected chi connectivity index (χ1v) is 6.43. The lowest BCUT2D eigenvalue weighted by Gasteiger charge is -2.07. The van der Waals surface area contributed by atoms with Crippen LogP contribution in [-0.4, -0.2) is 0 Å². The molecule has 0 fully saturated rings. The standard InChI is InChI=1S/C17H9F5/c18-14-8-12-7-11(5-6-13(12)15(19)16(14)20)9-1-3-10(4-2-9)17(21)22/h1-8,17H. The monoisotopic (exact) mass is 308 g/mol. The molecule has 0 aliphatic rings. The van der Waals surface area contributed by atoms with Gasteiger partial charge in [0.2, 0.25) is 0 Å². The quantitative estimate of drug-likeness (QED) is 0.411. The van der Waals surface area contributed by atoms with Gasteiger partial charge in [0.25, 0.3) is 6.43 Å². The Morgan fingerprint density at radius 3 is 1.95 bits per heavy atom. The van der Waals surface area contributed by atoms with E-state index in [-0.39, 0.29) is 16.3 Å². The summed E-state index contributed by atoms with van der Waals surface area (Å²) in [6.07, 6.45) is -2.56. The highest BCUT2D eigenvalue weighted by molar-refractivity contribution is 5.88. The molecule has 3 aromatic carbocycles.